The number of imidazole rings is 1. The number of H-pyrrole nitrogens is 1. The van der Waals surface area contributed by atoms with Crippen LogP contribution in [0, 0.1) is 11.7 Å². The van der Waals surface area contributed by atoms with Crippen LogP contribution in [-0.4, -0.2) is 22.8 Å². The molecule has 0 radical (unpaired) electrons. The smallest absolute Gasteiger partial charge is 0.326 e. The third-order valence-electron chi connectivity index (χ3n) is 3.62. The second kappa shape index (κ2) is 4.24. The van der Waals surface area contributed by atoms with E-state index in [0.29, 0.717) is 24.2 Å². The minimum absolute atomic E-state index is 0.00287. The molecular formula is C13H15FN2O2. The van der Waals surface area contributed by atoms with Gasteiger partial charge in [-0.1, -0.05) is 13.0 Å². The van der Waals surface area contributed by atoms with E-state index in [1.54, 1.807) is 16.7 Å². The van der Waals surface area contributed by atoms with Crippen molar-refractivity contribution in [2.45, 2.75) is 19.4 Å². The fraction of sp³-hybridized carbons (Fsp3) is 0.462. The van der Waals surface area contributed by atoms with Gasteiger partial charge in [0, 0.05) is 18.6 Å². The molecule has 1 saturated heterocycles. The fourth-order valence-corrected chi connectivity index (χ4v) is 2.71. The lowest BCUT2D eigenvalue weighted by Crippen LogP contribution is -2.33. The number of fused-ring (bicyclic) bond motifs is 1. The zero-order chi connectivity index (χ0) is 12.7. The van der Waals surface area contributed by atoms with Crippen molar-refractivity contribution in [1.82, 2.24) is 9.55 Å². The molecule has 1 fully saturated rings. The third kappa shape index (κ3) is 1.66. The maximum absolute atomic E-state index is 13.9. The minimum Gasteiger partial charge on any atom is -0.381 e. The van der Waals surface area contributed by atoms with Crippen molar-refractivity contribution in [3.63, 3.8) is 0 Å². The van der Waals surface area contributed by atoms with Crippen LogP contribution in [0.15, 0.2) is 23.0 Å². The Morgan fingerprint density at radius 2 is 2.33 bits per heavy atom. The number of rotatable bonds is 1. The summed E-state index contributed by atoms with van der Waals surface area (Å²) >= 11 is 0. The summed E-state index contributed by atoms with van der Waals surface area (Å²) in [6.45, 7) is 3.25. The second-order valence-electron chi connectivity index (χ2n) is 4.84. The number of aromatic amines is 1. The van der Waals surface area contributed by atoms with Crippen LogP contribution in [0.2, 0.25) is 0 Å². The third-order valence-corrected chi connectivity index (χ3v) is 3.62. The normalized spacial score (nSPS) is 24.6. The van der Waals surface area contributed by atoms with Crippen molar-refractivity contribution >= 4 is 11.0 Å². The van der Waals surface area contributed by atoms with Gasteiger partial charge in [0.25, 0.3) is 0 Å². The number of aromatic nitrogens is 2. The number of halogens is 1. The highest BCUT2D eigenvalue weighted by Gasteiger charge is 2.27. The van der Waals surface area contributed by atoms with Gasteiger partial charge in [-0.25, -0.2) is 9.18 Å². The van der Waals surface area contributed by atoms with Gasteiger partial charge in [-0.3, -0.25) is 4.57 Å². The molecule has 1 N–H and O–H groups in total. The lowest BCUT2D eigenvalue weighted by molar-refractivity contribution is 0.0288. The molecule has 0 saturated carbocycles. The summed E-state index contributed by atoms with van der Waals surface area (Å²) in [7, 11) is 0. The number of hydrogen-bond donors (Lipinski definition) is 1. The summed E-state index contributed by atoms with van der Waals surface area (Å²) in [4.78, 5) is 14.7. The van der Waals surface area contributed by atoms with E-state index in [1.807, 2.05) is 6.92 Å². The summed E-state index contributed by atoms with van der Waals surface area (Å²) in [5, 5.41) is 0. The molecule has 4 nitrogen and oxygen atoms in total. The standard InChI is InChI=1S/C13H15FN2O2/c1-8-7-18-6-5-11(8)16-12-9(14)3-2-4-10(12)15-13(16)17/h2-4,8,11H,5-7H2,1H3,(H,15,17)/t8-,11?/m0/s1. The van der Waals surface area contributed by atoms with E-state index in [2.05, 4.69) is 4.98 Å². The minimum atomic E-state index is -0.357. The number of ether oxygens (including phenoxy) is 1. The number of hydrogen-bond acceptors (Lipinski definition) is 2. The van der Waals surface area contributed by atoms with E-state index in [9.17, 15) is 9.18 Å². The van der Waals surface area contributed by atoms with Crippen molar-refractivity contribution in [3.8, 4) is 0 Å². The molecule has 3 rings (SSSR count). The van der Waals surface area contributed by atoms with Crippen LogP contribution < -0.4 is 5.69 Å². The zero-order valence-electron chi connectivity index (χ0n) is 10.1. The Bertz CT molecular complexity index is 631. The molecule has 2 aromatic rings. The molecule has 1 aliphatic heterocycles. The Morgan fingerprint density at radius 1 is 1.50 bits per heavy atom. The van der Waals surface area contributed by atoms with Gasteiger partial charge in [0.15, 0.2) is 0 Å². The summed E-state index contributed by atoms with van der Waals surface area (Å²) in [6.07, 6.45) is 0.738. The van der Waals surface area contributed by atoms with E-state index in [1.165, 1.54) is 6.07 Å². The van der Waals surface area contributed by atoms with Crippen LogP contribution in [0.4, 0.5) is 4.39 Å². The highest BCUT2D eigenvalue weighted by atomic mass is 19.1. The molecule has 1 aliphatic rings. The molecule has 5 heteroatoms. The van der Waals surface area contributed by atoms with Crippen LogP contribution in [0.25, 0.3) is 11.0 Å². The van der Waals surface area contributed by atoms with Gasteiger partial charge in [-0.2, -0.15) is 0 Å². The maximum atomic E-state index is 13.9. The first-order valence-electron chi connectivity index (χ1n) is 6.15. The van der Waals surface area contributed by atoms with E-state index < -0.39 is 0 Å². The summed E-state index contributed by atoms with van der Waals surface area (Å²) in [5.74, 6) is -0.153. The van der Waals surface area contributed by atoms with Gasteiger partial charge in [0.05, 0.1) is 12.1 Å². The first-order chi connectivity index (χ1) is 8.68. The van der Waals surface area contributed by atoms with Gasteiger partial charge < -0.3 is 9.72 Å². The Hall–Kier alpha value is -1.62. The van der Waals surface area contributed by atoms with Crippen molar-refractivity contribution in [3.05, 3.63) is 34.5 Å². The second-order valence-corrected chi connectivity index (χ2v) is 4.84. The quantitative estimate of drug-likeness (QED) is 0.842. The molecule has 0 aliphatic carbocycles. The number of nitrogens with one attached hydrogen (secondary N) is 1. The molecule has 0 spiro atoms. The number of nitrogens with zero attached hydrogens (tertiary/aromatic N) is 1. The molecular weight excluding hydrogens is 235 g/mol. The Labute approximate surface area is 103 Å². The summed E-state index contributed by atoms with van der Waals surface area (Å²) in [5.41, 5.74) is 0.689. The average molecular weight is 250 g/mol. The van der Waals surface area contributed by atoms with Crippen LogP contribution >= 0.6 is 0 Å². The van der Waals surface area contributed by atoms with Crippen LogP contribution in [0.1, 0.15) is 19.4 Å². The molecule has 2 heterocycles. The van der Waals surface area contributed by atoms with Crippen molar-refractivity contribution in [2.24, 2.45) is 5.92 Å². The molecule has 0 bridgehead atoms. The average Bonchev–Trinajstić information content (AvgIpc) is 2.68. The largest absolute Gasteiger partial charge is 0.381 e. The summed E-state index contributed by atoms with van der Waals surface area (Å²) < 4.78 is 20.9. The van der Waals surface area contributed by atoms with Gasteiger partial charge in [-0.05, 0) is 18.6 Å². The van der Waals surface area contributed by atoms with Gasteiger partial charge >= 0.3 is 5.69 Å². The predicted octanol–water partition coefficient (Wildman–Crippen LogP) is 2.07. The molecule has 0 amide bonds. The Morgan fingerprint density at radius 3 is 3.11 bits per heavy atom. The van der Waals surface area contributed by atoms with Crippen LogP contribution in [-0.2, 0) is 4.74 Å². The first-order valence-corrected chi connectivity index (χ1v) is 6.15. The lowest BCUT2D eigenvalue weighted by Gasteiger charge is -2.29. The van der Waals surface area contributed by atoms with Crippen molar-refractivity contribution in [1.29, 1.82) is 0 Å². The van der Waals surface area contributed by atoms with Gasteiger partial charge in [-0.15, -0.1) is 0 Å². The molecule has 96 valence electrons. The van der Waals surface area contributed by atoms with E-state index in [-0.39, 0.29) is 23.5 Å². The van der Waals surface area contributed by atoms with Crippen LogP contribution in [0.3, 0.4) is 0 Å². The van der Waals surface area contributed by atoms with Crippen LogP contribution in [0.5, 0.6) is 0 Å². The van der Waals surface area contributed by atoms with Crippen molar-refractivity contribution in [2.75, 3.05) is 13.2 Å². The SMILES string of the molecule is C[C@H]1COCCC1n1c(=O)[nH]c2cccc(F)c21. The lowest BCUT2D eigenvalue weighted by atomic mass is 9.97. The highest BCUT2D eigenvalue weighted by molar-refractivity contribution is 5.75. The Balaban J connectivity index is 2.21. The molecule has 18 heavy (non-hydrogen) atoms. The van der Waals surface area contributed by atoms with E-state index >= 15 is 0 Å². The summed E-state index contributed by atoms with van der Waals surface area (Å²) in [6, 6.07) is 4.71. The maximum Gasteiger partial charge on any atom is 0.326 e. The highest BCUT2D eigenvalue weighted by Crippen LogP contribution is 2.28. The zero-order valence-corrected chi connectivity index (χ0v) is 10.1. The van der Waals surface area contributed by atoms with Gasteiger partial charge in [0.1, 0.15) is 11.3 Å². The molecule has 2 atom stereocenters. The Kier molecular flexibility index (Phi) is 2.70. The number of para-hydroxylation sites is 1. The first kappa shape index (κ1) is 11.5. The predicted molar refractivity (Wildman–Crippen MR) is 66.2 cm³/mol. The van der Waals surface area contributed by atoms with E-state index in [0.717, 1.165) is 6.42 Å². The number of benzene rings is 1. The molecule has 1 aromatic heterocycles. The topological polar surface area (TPSA) is 47.0 Å². The molecule has 1 aromatic carbocycles. The van der Waals surface area contributed by atoms with E-state index in [4.69, 9.17) is 4.74 Å². The van der Waals surface area contributed by atoms with Gasteiger partial charge in [0.2, 0.25) is 0 Å². The monoisotopic (exact) mass is 250 g/mol. The van der Waals surface area contributed by atoms with Crippen molar-refractivity contribution < 1.29 is 9.13 Å². The molecule has 1 unspecified atom stereocenters. The fourth-order valence-electron chi connectivity index (χ4n) is 2.71.